The Labute approximate surface area is 305 Å². The van der Waals surface area contributed by atoms with Crippen molar-refractivity contribution in [2.45, 2.75) is 76.7 Å². The van der Waals surface area contributed by atoms with Crippen LogP contribution in [0.5, 0.6) is 5.75 Å². The highest BCUT2D eigenvalue weighted by Gasteiger charge is 2.61. The van der Waals surface area contributed by atoms with E-state index in [1.54, 1.807) is 20.0 Å². The lowest BCUT2D eigenvalue weighted by molar-refractivity contribution is -0.141. The van der Waals surface area contributed by atoms with E-state index >= 15 is 0 Å². The highest BCUT2D eigenvalue weighted by Crippen LogP contribution is 2.61. The van der Waals surface area contributed by atoms with E-state index in [1.165, 1.54) is 0 Å². The van der Waals surface area contributed by atoms with Crippen molar-refractivity contribution in [1.29, 1.82) is 0 Å². The number of para-hydroxylation sites is 1. The van der Waals surface area contributed by atoms with Crippen LogP contribution in [0.4, 0.5) is 5.69 Å². The van der Waals surface area contributed by atoms with E-state index in [0.717, 1.165) is 50.0 Å². The van der Waals surface area contributed by atoms with Crippen LogP contribution in [-0.2, 0) is 21.4 Å². The van der Waals surface area contributed by atoms with Gasteiger partial charge in [0.05, 0.1) is 6.20 Å². The summed E-state index contributed by atoms with van der Waals surface area (Å²) in [7, 11) is 0. The van der Waals surface area contributed by atoms with Gasteiger partial charge in [0, 0.05) is 57.4 Å². The molecule has 268 valence electrons. The number of H-pyrrole nitrogens is 1. The van der Waals surface area contributed by atoms with Gasteiger partial charge in [-0.1, -0.05) is 70.2 Å². The number of oxazole rings is 2. The van der Waals surface area contributed by atoms with Gasteiger partial charge in [-0.05, 0) is 48.4 Å². The number of Topliss-reactive ketones (excluding diaryl/α,β-unsaturated/α-hetero) is 1. The van der Waals surface area contributed by atoms with Crippen LogP contribution in [0.15, 0.2) is 75.8 Å². The Morgan fingerprint density at radius 3 is 2.64 bits per heavy atom. The van der Waals surface area contributed by atoms with Gasteiger partial charge in [-0.25, -0.2) is 9.97 Å². The first kappa shape index (κ1) is 32.0. The molecular formula is C42H39N5O6. The molecule has 0 saturated heterocycles. The van der Waals surface area contributed by atoms with Gasteiger partial charge in [0.25, 0.3) is 0 Å². The fourth-order valence-electron chi connectivity index (χ4n) is 9.03. The van der Waals surface area contributed by atoms with Crippen LogP contribution in [0.1, 0.15) is 81.3 Å². The number of carbonyl (C=O) groups is 2. The maximum atomic E-state index is 14.3. The van der Waals surface area contributed by atoms with Crippen molar-refractivity contribution in [2.75, 3.05) is 5.32 Å². The molecule has 53 heavy (non-hydrogen) atoms. The van der Waals surface area contributed by atoms with Crippen LogP contribution in [-0.4, -0.2) is 43.6 Å². The average Bonchev–Trinajstić information content (AvgIpc) is 3.99. The van der Waals surface area contributed by atoms with E-state index in [0.29, 0.717) is 28.9 Å². The number of hydrogen-bond donors (Lipinski definition) is 4. The van der Waals surface area contributed by atoms with Gasteiger partial charge in [-0.15, -0.1) is 0 Å². The minimum absolute atomic E-state index is 0.114. The van der Waals surface area contributed by atoms with Crippen LogP contribution in [0.3, 0.4) is 0 Å². The molecule has 4 aliphatic heterocycles. The van der Waals surface area contributed by atoms with Crippen molar-refractivity contribution in [2.24, 2.45) is 11.8 Å². The Hall–Kier alpha value is -5.68. The van der Waals surface area contributed by atoms with Crippen LogP contribution in [0, 0.1) is 11.8 Å². The third kappa shape index (κ3) is 4.31. The molecule has 10 rings (SSSR count). The molecule has 0 radical (unpaired) electrons. The van der Waals surface area contributed by atoms with E-state index < -0.39 is 29.2 Å². The quantitative estimate of drug-likeness (QED) is 0.138. The molecular weight excluding hydrogens is 670 g/mol. The third-order valence-electron chi connectivity index (χ3n) is 12.0. The fraction of sp³-hybridized carbons (Fsp3) is 0.333. The van der Waals surface area contributed by atoms with Crippen molar-refractivity contribution in [3.8, 4) is 39.8 Å². The second kappa shape index (κ2) is 11.2. The molecule has 1 amide bonds. The predicted octanol–water partition coefficient (Wildman–Crippen LogP) is 7.43. The second-order valence-corrected chi connectivity index (χ2v) is 15.2. The summed E-state index contributed by atoms with van der Waals surface area (Å²) in [5.74, 6) is 0.772. The molecule has 4 aliphatic rings. The van der Waals surface area contributed by atoms with Crippen molar-refractivity contribution in [1.82, 2.24) is 20.3 Å². The molecule has 1 spiro atoms. The van der Waals surface area contributed by atoms with E-state index in [9.17, 15) is 14.7 Å². The van der Waals surface area contributed by atoms with Gasteiger partial charge in [0.15, 0.2) is 29.2 Å². The zero-order valence-electron chi connectivity index (χ0n) is 29.9. The first-order valence-corrected chi connectivity index (χ1v) is 18.5. The number of amides is 1. The number of hydrogen-bond acceptors (Lipinski definition) is 9. The Morgan fingerprint density at radius 2 is 1.83 bits per heavy atom. The minimum Gasteiger partial charge on any atom is -0.469 e. The van der Waals surface area contributed by atoms with Crippen molar-refractivity contribution >= 4 is 28.3 Å². The number of fused-ring (bicyclic) bond motifs is 7. The third-order valence-corrected chi connectivity index (χ3v) is 12.0. The minimum atomic E-state index is -1.50. The molecule has 0 saturated carbocycles. The first-order chi connectivity index (χ1) is 25.6. The van der Waals surface area contributed by atoms with E-state index in [4.69, 9.17) is 23.5 Å². The van der Waals surface area contributed by atoms with Gasteiger partial charge in [-0.2, -0.15) is 0 Å². The molecule has 10 bridgehead atoms. The normalized spacial score (nSPS) is 22.1. The summed E-state index contributed by atoms with van der Waals surface area (Å²) < 4.78 is 20.5. The standard InChI is InChI=1S/C42H39N5O6/c1-5-41(50,6-2)31(48)17-22-15-21-13-14-29-27(16-21)42-26-11-7-10-24(34(26)47-40(42)52-29)23-9-8-12-28-32(23)25(18-43-28)30-19-44-38(51-30)35-36(42)53-39(46-35)33(20(3)4)45-37(22)49/h7-14,16,18-20,22,33,40,43,47,50H,5-6,15,17H2,1-4H3,(H,45,49)/t22-,33+,40+,42?/m1/s1. The largest absolute Gasteiger partial charge is 0.469 e. The number of carbonyl (C=O) groups excluding carboxylic acids is 2. The number of benzene rings is 3. The lowest BCUT2D eigenvalue weighted by Crippen LogP contribution is -2.43. The van der Waals surface area contributed by atoms with Crippen LogP contribution < -0.4 is 15.4 Å². The highest BCUT2D eigenvalue weighted by atomic mass is 16.5. The maximum Gasteiger partial charge on any atom is 0.249 e. The summed E-state index contributed by atoms with van der Waals surface area (Å²) in [5.41, 5.74) is 5.30. The van der Waals surface area contributed by atoms with Crippen LogP contribution >= 0.6 is 0 Å². The van der Waals surface area contributed by atoms with Gasteiger partial charge >= 0.3 is 0 Å². The van der Waals surface area contributed by atoms with Gasteiger partial charge in [0.1, 0.15) is 22.8 Å². The summed E-state index contributed by atoms with van der Waals surface area (Å²) in [6.45, 7) is 7.57. The Bertz CT molecular complexity index is 2500. The van der Waals surface area contributed by atoms with Crippen LogP contribution in [0.2, 0.25) is 0 Å². The maximum absolute atomic E-state index is 14.3. The van der Waals surface area contributed by atoms with Gasteiger partial charge in [-0.3, -0.25) is 9.59 Å². The van der Waals surface area contributed by atoms with E-state index in [2.05, 4.69) is 52.0 Å². The van der Waals surface area contributed by atoms with Crippen molar-refractivity contribution in [3.05, 3.63) is 95.3 Å². The van der Waals surface area contributed by atoms with Gasteiger partial charge in [0.2, 0.25) is 17.7 Å². The topological polar surface area (TPSA) is 156 Å². The zero-order chi connectivity index (χ0) is 36.4. The highest BCUT2D eigenvalue weighted by molar-refractivity contribution is 6.07. The summed E-state index contributed by atoms with van der Waals surface area (Å²) >= 11 is 0. The fourth-order valence-corrected chi connectivity index (χ4v) is 9.03. The number of ether oxygens (including phenoxy) is 1. The zero-order valence-corrected chi connectivity index (χ0v) is 29.9. The molecule has 4 N–H and O–H groups in total. The van der Waals surface area contributed by atoms with E-state index in [-0.39, 0.29) is 49.2 Å². The molecule has 3 aromatic heterocycles. The number of aromatic nitrogens is 3. The molecule has 7 heterocycles. The summed E-state index contributed by atoms with van der Waals surface area (Å²) in [5, 5.41) is 19.2. The molecule has 0 aliphatic carbocycles. The first-order valence-electron chi connectivity index (χ1n) is 18.5. The number of aliphatic hydroxyl groups is 1. The Balaban J connectivity index is 1.27. The molecule has 6 aromatic rings. The van der Waals surface area contributed by atoms with Gasteiger partial charge < -0.3 is 34.3 Å². The summed E-state index contributed by atoms with van der Waals surface area (Å²) in [6, 6.07) is 17.8. The number of anilines is 1. The van der Waals surface area contributed by atoms with Crippen molar-refractivity contribution in [3.63, 3.8) is 0 Å². The number of nitrogens with zero attached hydrogens (tertiary/aromatic N) is 2. The summed E-state index contributed by atoms with van der Waals surface area (Å²) in [6.07, 6.45) is 3.74. The number of rotatable bonds is 6. The molecule has 11 nitrogen and oxygen atoms in total. The van der Waals surface area contributed by atoms with E-state index in [1.807, 2.05) is 38.2 Å². The summed E-state index contributed by atoms with van der Waals surface area (Å²) in [4.78, 5) is 41.3. The number of aromatic amines is 1. The molecule has 4 atom stereocenters. The molecule has 11 heteroatoms. The monoisotopic (exact) mass is 709 g/mol. The Morgan fingerprint density at radius 1 is 1.02 bits per heavy atom. The Kier molecular flexibility index (Phi) is 6.74. The molecule has 3 aromatic carbocycles. The average molecular weight is 710 g/mol. The number of nitrogens with one attached hydrogen (secondary N) is 3. The lowest BCUT2D eigenvalue weighted by atomic mass is 9.72. The van der Waals surface area contributed by atoms with Crippen molar-refractivity contribution < 1.29 is 28.3 Å². The second-order valence-electron chi connectivity index (χ2n) is 15.2. The lowest BCUT2D eigenvalue weighted by Gasteiger charge is -2.29. The number of ketones is 1. The molecule has 0 fully saturated rings. The predicted molar refractivity (Wildman–Crippen MR) is 197 cm³/mol. The van der Waals surface area contributed by atoms with Crippen LogP contribution in [0.25, 0.3) is 44.9 Å². The molecule has 1 unspecified atom stereocenters. The SMILES string of the molecule is CCC(O)(CC)C(=O)C[C@H]1Cc2ccc3c(c2)C24c5cccc(c5N[C@H]2O3)-c2cccc3[nH]cc(c23)-c2cnc(o2)-c2nc(oc24)[C@H](C(C)C)NC1=O. The smallest absolute Gasteiger partial charge is 0.249 e.